The van der Waals surface area contributed by atoms with Crippen molar-refractivity contribution in [2.24, 2.45) is 11.8 Å². The number of carbonyl (C=O) groups is 3. The summed E-state index contributed by atoms with van der Waals surface area (Å²) in [5, 5.41) is 2.48. The number of hydrogen-bond acceptors (Lipinski definition) is 4. The van der Waals surface area contributed by atoms with Crippen LogP contribution in [-0.4, -0.2) is 29.3 Å². The van der Waals surface area contributed by atoms with E-state index in [1.54, 1.807) is 20.8 Å². The minimum absolute atomic E-state index is 0.263. The van der Waals surface area contributed by atoms with Gasteiger partial charge in [0, 0.05) is 5.92 Å². The van der Waals surface area contributed by atoms with Gasteiger partial charge in [-0.15, -0.1) is 0 Å². The van der Waals surface area contributed by atoms with E-state index in [1.807, 2.05) is 0 Å². The number of amides is 1. The van der Waals surface area contributed by atoms with Crippen molar-refractivity contribution in [3.05, 3.63) is 0 Å². The molecule has 0 aromatic heterocycles. The van der Waals surface area contributed by atoms with E-state index in [0.717, 1.165) is 0 Å². The first kappa shape index (κ1) is 10.1. The second-order valence-electron chi connectivity index (χ2n) is 4.43. The summed E-state index contributed by atoms with van der Waals surface area (Å²) in [5.74, 6) is -1.92. The van der Waals surface area contributed by atoms with Crippen molar-refractivity contribution in [1.82, 2.24) is 5.32 Å². The van der Waals surface area contributed by atoms with Crippen molar-refractivity contribution in [3.8, 4) is 0 Å². The van der Waals surface area contributed by atoms with Gasteiger partial charge >= 0.3 is 5.97 Å². The van der Waals surface area contributed by atoms with Crippen LogP contribution >= 0.6 is 0 Å². The van der Waals surface area contributed by atoms with Crippen molar-refractivity contribution >= 4 is 17.7 Å². The van der Waals surface area contributed by atoms with Crippen LogP contribution < -0.4 is 5.32 Å². The Hall–Kier alpha value is -1.39. The SMILES string of the molecule is CC(C)C(=O)[C@]12NC(=O)[C@H](C)[C@@H]1OC2=O. The van der Waals surface area contributed by atoms with Crippen molar-refractivity contribution in [2.45, 2.75) is 32.4 Å². The third kappa shape index (κ3) is 1.00. The van der Waals surface area contributed by atoms with Gasteiger partial charge in [0.05, 0.1) is 5.92 Å². The van der Waals surface area contributed by atoms with Crippen LogP contribution in [0.25, 0.3) is 0 Å². The highest BCUT2D eigenvalue weighted by molar-refractivity contribution is 6.18. The quantitative estimate of drug-likeness (QED) is 0.500. The number of ketones is 1. The molecule has 2 aliphatic heterocycles. The summed E-state index contributed by atoms with van der Waals surface area (Å²) < 4.78 is 4.88. The van der Waals surface area contributed by atoms with Gasteiger partial charge in [-0.2, -0.15) is 0 Å². The van der Waals surface area contributed by atoms with Crippen LogP contribution in [0.4, 0.5) is 0 Å². The summed E-state index contributed by atoms with van der Waals surface area (Å²) in [4.78, 5) is 34.7. The van der Waals surface area contributed by atoms with Crippen LogP contribution in [0.1, 0.15) is 20.8 Å². The molecule has 0 spiro atoms. The van der Waals surface area contributed by atoms with E-state index in [-0.39, 0.29) is 17.6 Å². The molecule has 0 radical (unpaired) electrons. The Morgan fingerprint density at radius 2 is 2.07 bits per heavy atom. The van der Waals surface area contributed by atoms with Crippen molar-refractivity contribution in [2.75, 3.05) is 0 Å². The van der Waals surface area contributed by atoms with E-state index >= 15 is 0 Å². The summed E-state index contributed by atoms with van der Waals surface area (Å²) in [5.41, 5.74) is -1.38. The molecule has 0 saturated carbocycles. The second-order valence-corrected chi connectivity index (χ2v) is 4.43. The molecule has 15 heavy (non-hydrogen) atoms. The van der Waals surface area contributed by atoms with E-state index in [4.69, 9.17) is 4.74 Å². The summed E-state index contributed by atoms with van der Waals surface area (Å²) >= 11 is 0. The minimum atomic E-state index is -1.38. The summed E-state index contributed by atoms with van der Waals surface area (Å²) in [6, 6.07) is 0. The van der Waals surface area contributed by atoms with Crippen LogP contribution in [0.15, 0.2) is 0 Å². The fourth-order valence-electron chi connectivity index (χ4n) is 2.16. The number of hydrogen-bond donors (Lipinski definition) is 1. The zero-order valence-electron chi connectivity index (χ0n) is 8.87. The highest BCUT2D eigenvalue weighted by Gasteiger charge is 2.71. The van der Waals surface area contributed by atoms with Gasteiger partial charge in [0.25, 0.3) is 0 Å². The molecule has 1 amide bonds. The number of esters is 1. The van der Waals surface area contributed by atoms with Crippen molar-refractivity contribution in [3.63, 3.8) is 0 Å². The molecule has 0 aromatic carbocycles. The lowest BCUT2D eigenvalue weighted by Crippen LogP contribution is -2.72. The molecule has 0 bridgehead atoms. The van der Waals surface area contributed by atoms with Gasteiger partial charge in [0.15, 0.2) is 11.9 Å². The summed E-state index contributed by atoms with van der Waals surface area (Å²) in [7, 11) is 0. The molecular weight excluding hydrogens is 198 g/mol. The van der Waals surface area contributed by atoms with E-state index in [2.05, 4.69) is 5.32 Å². The molecule has 2 rings (SSSR count). The van der Waals surface area contributed by atoms with Gasteiger partial charge in [-0.05, 0) is 6.92 Å². The van der Waals surface area contributed by atoms with Crippen molar-refractivity contribution < 1.29 is 19.1 Å². The van der Waals surface area contributed by atoms with E-state index in [1.165, 1.54) is 0 Å². The number of nitrogens with one attached hydrogen (secondary N) is 1. The Bertz CT molecular complexity index is 362. The van der Waals surface area contributed by atoms with Gasteiger partial charge in [0.2, 0.25) is 11.4 Å². The minimum Gasteiger partial charge on any atom is -0.456 e. The van der Waals surface area contributed by atoms with Crippen molar-refractivity contribution in [1.29, 1.82) is 0 Å². The molecule has 5 nitrogen and oxygen atoms in total. The summed E-state index contributed by atoms with van der Waals surface area (Å²) in [6.45, 7) is 5.06. The Morgan fingerprint density at radius 3 is 2.47 bits per heavy atom. The standard InChI is InChI=1S/C10H13NO4/c1-4(2)6(12)10-7(15-9(10)14)5(3)8(13)11-10/h4-5,7H,1-3H3,(H,11,13)/t5-,7+,10+/m1/s1. The first-order valence-electron chi connectivity index (χ1n) is 4.98. The van der Waals surface area contributed by atoms with E-state index < -0.39 is 23.5 Å². The highest BCUT2D eigenvalue weighted by atomic mass is 16.6. The Kier molecular flexibility index (Phi) is 1.90. The van der Waals surface area contributed by atoms with E-state index in [0.29, 0.717) is 0 Å². The van der Waals surface area contributed by atoms with Crippen LogP contribution in [0.5, 0.6) is 0 Å². The molecule has 2 fully saturated rings. The maximum Gasteiger partial charge on any atom is 0.344 e. The molecule has 2 saturated heterocycles. The van der Waals surface area contributed by atoms with Crippen LogP contribution in [0, 0.1) is 11.8 Å². The molecule has 0 aliphatic carbocycles. The Balaban J connectivity index is 2.38. The maximum absolute atomic E-state index is 11.9. The molecule has 5 heteroatoms. The fraction of sp³-hybridized carbons (Fsp3) is 0.700. The largest absolute Gasteiger partial charge is 0.456 e. The lowest BCUT2D eigenvalue weighted by molar-refractivity contribution is -0.193. The monoisotopic (exact) mass is 211 g/mol. The topological polar surface area (TPSA) is 72.5 Å². The second kappa shape index (κ2) is 2.81. The lowest BCUT2D eigenvalue weighted by atomic mass is 9.77. The molecule has 3 atom stereocenters. The van der Waals surface area contributed by atoms with E-state index in [9.17, 15) is 14.4 Å². The third-order valence-electron chi connectivity index (χ3n) is 3.08. The van der Waals surface area contributed by atoms with Crippen LogP contribution in [0.3, 0.4) is 0 Å². The number of Topliss-reactive ketones (excluding diaryl/α,β-unsaturated/α-hetero) is 1. The van der Waals surface area contributed by atoms with Crippen LogP contribution in [-0.2, 0) is 19.1 Å². The number of ether oxygens (including phenoxy) is 1. The molecule has 82 valence electrons. The highest BCUT2D eigenvalue weighted by Crippen LogP contribution is 2.40. The molecule has 0 unspecified atom stereocenters. The predicted molar refractivity (Wildman–Crippen MR) is 49.8 cm³/mol. The molecule has 2 heterocycles. The lowest BCUT2D eigenvalue weighted by Gasteiger charge is -2.41. The first-order valence-corrected chi connectivity index (χ1v) is 4.98. The smallest absolute Gasteiger partial charge is 0.344 e. The van der Waals surface area contributed by atoms with Gasteiger partial charge in [-0.1, -0.05) is 13.8 Å². The molecule has 1 N–H and O–H groups in total. The van der Waals surface area contributed by atoms with Gasteiger partial charge in [-0.25, -0.2) is 4.79 Å². The first-order chi connectivity index (χ1) is 6.91. The van der Waals surface area contributed by atoms with Gasteiger partial charge in [-0.3, -0.25) is 9.59 Å². The third-order valence-corrected chi connectivity index (χ3v) is 3.08. The predicted octanol–water partition coefficient (Wildman–Crippen LogP) is -0.358. The Morgan fingerprint density at radius 1 is 1.47 bits per heavy atom. The number of rotatable bonds is 2. The maximum atomic E-state index is 11.9. The fourth-order valence-corrected chi connectivity index (χ4v) is 2.16. The number of carbonyl (C=O) groups excluding carboxylic acids is 3. The molecular formula is C10H13NO4. The average molecular weight is 211 g/mol. The van der Waals surface area contributed by atoms with Crippen LogP contribution in [0.2, 0.25) is 0 Å². The number of fused-ring (bicyclic) bond motifs is 1. The molecule has 2 aliphatic rings. The zero-order chi connectivity index (χ0) is 11.4. The summed E-state index contributed by atoms with van der Waals surface area (Å²) in [6.07, 6.45) is -0.618. The normalized spacial score (nSPS) is 38.1. The zero-order valence-corrected chi connectivity index (χ0v) is 8.87. The van der Waals surface area contributed by atoms with Gasteiger partial charge < -0.3 is 10.1 Å². The average Bonchev–Trinajstić information content (AvgIpc) is 2.37. The Labute approximate surface area is 87.2 Å². The van der Waals surface area contributed by atoms with Gasteiger partial charge in [0.1, 0.15) is 0 Å². The molecule has 0 aromatic rings.